The van der Waals surface area contributed by atoms with Crippen LogP contribution in [0.15, 0.2) is 18.2 Å². The summed E-state index contributed by atoms with van der Waals surface area (Å²) in [5, 5.41) is 12.4. The maximum absolute atomic E-state index is 12.4. The summed E-state index contributed by atoms with van der Waals surface area (Å²) in [6.45, 7) is 4.33. The van der Waals surface area contributed by atoms with Gasteiger partial charge in [-0.2, -0.15) is 0 Å². The fourth-order valence-corrected chi connectivity index (χ4v) is 3.72. The third-order valence-corrected chi connectivity index (χ3v) is 5.29. The van der Waals surface area contributed by atoms with E-state index in [-0.39, 0.29) is 40.0 Å². The van der Waals surface area contributed by atoms with Crippen molar-refractivity contribution in [3.8, 4) is 11.5 Å². The molecule has 0 radical (unpaired) electrons. The predicted molar refractivity (Wildman–Crippen MR) is 115 cm³/mol. The van der Waals surface area contributed by atoms with Gasteiger partial charge in [-0.3, -0.25) is 4.79 Å². The third kappa shape index (κ3) is 5.76. The summed E-state index contributed by atoms with van der Waals surface area (Å²) in [6.07, 6.45) is 0. The van der Waals surface area contributed by atoms with Gasteiger partial charge in [0.25, 0.3) is 5.91 Å². The first-order valence-corrected chi connectivity index (χ1v) is 10.4. The number of phenols is 1. The SMILES string of the molecule is CCOC(=O)c1sc(NC(=O)COC(=O)c2cc(OC)ccc2O)c(C(=O)OCC)c1C. The zero-order valence-electron chi connectivity index (χ0n) is 18.0. The fourth-order valence-electron chi connectivity index (χ4n) is 2.62. The molecule has 0 bridgehead atoms. The number of phenolic OH excluding ortho intramolecular Hbond substituents is 1. The number of benzene rings is 1. The average Bonchev–Trinajstić information content (AvgIpc) is 3.08. The summed E-state index contributed by atoms with van der Waals surface area (Å²) in [4.78, 5) is 49.3. The summed E-state index contributed by atoms with van der Waals surface area (Å²) in [6, 6.07) is 3.98. The maximum atomic E-state index is 12.4. The molecule has 1 amide bonds. The van der Waals surface area contributed by atoms with Crippen molar-refractivity contribution >= 4 is 40.2 Å². The van der Waals surface area contributed by atoms with Gasteiger partial charge in [0.05, 0.1) is 25.9 Å². The van der Waals surface area contributed by atoms with Crippen molar-refractivity contribution in [3.05, 3.63) is 39.8 Å². The van der Waals surface area contributed by atoms with Gasteiger partial charge >= 0.3 is 17.9 Å². The number of esters is 3. The summed E-state index contributed by atoms with van der Waals surface area (Å²) in [5.41, 5.74) is 0.145. The van der Waals surface area contributed by atoms with Gasteiger partial charge in [-0.1, -0.05) is 0 Å². The molecule has 0 aliphatic carbocycles. The van der Waals surface area contributed by atoms with E-state index in [1.807, 2.05) is 0 Å². The molecule has 2 aromatic rings. The smallest absolute Gasteiger partial charge is 0.348 e. The number of rotatable bonds is 9. The van der Waals surface area contributed by atoms with Crippen LogP contribution in [-0.2, 0) is 19.0 Å². The van der Waals surface area contributed by atoms with Crippen LogP contribution < -0.4 is 10.1 Å². The standard InChI is InChI=1S/C21H23NO9S/c1-5-29-20(26)16-11(3)17(21(27)30-6-2)32-18(16)22-15(24)10-31-19(25)13-9-12(28-4)7-8-14(13)23/h7-9,23H,5-6,10H2,1-4H3,(H,22,24). The minimum Gasteiger partial charge on any atom is -0.507 e. The number of ether oxygens (including phenoxy) is 4. The van der Waals surface area contributed by atoms with E-state index < -0.39 is 30.4 Å². The van der Waals surface area contributed by atoms with Gasteiger partial charge in [0.15, 0.2) is 6.61 Å². The molecule has 0 spiro atoms. The van der Waals surface area contributed by atoms with Gasteiger partial charge in [0, 0.05) is 0 Å². The van der Waals surface area contributed by atoms with Crippen molar-refractivity contribution in [1.82, 2.24) is 0 Å². The normalized spacial score (nSPS) is 10.2. The number of carbonyl (C=O) groups excluding carboxylic acids is 4. The van der Waals surface area contributed by atoms with Gasteiger partial charge in [0.2, 0.25) is 0 Å². The number of carbonyl (C=O) groups is 4. The molecule has 0 fully saturated rings. The van der Waals surface area contributed by atoms with E-state index in [9.17, 15) is 24.3 Å². The highest BCUT2D eigenvalue weighted by atomic mass is 32.1. The van der Waals surface area contributed by atoms with Crippen LogP contribution in [0.5, 0.6) is 11.5 Å². The molecule has 0 saturated carbocycles. The first kappa shape index (κ1) is 24.7. The number of thiophene rings is 1. The Morgan fingerprint density at radius 2 is 1.66 bits per heavy atom. The first-order chi connectivity index (χ1) is 15.2. The Kier molecular flexibility index (Phi) is 8.59. The van der Waals surface area contributed by atoms with Crippen LogP contribution in [0.3, 0.4) is 0 Å². The van der Waals surface area contributed by atoms with Gasteiger partial charge < -0.3 is 29.4 Å². The minimum atomic E-state index is -0.947. The second kappa shape index (κ2) is 11.1. The second-order valence-corrected chi connectivity index (χ2v) is 7.23. The summed E-state index contributed by atoms with van der Waals surface area (Å²) in [5.74, 6) is -3.08. The van der Waals surface area contributed by atoms with Crippen LogP contribution in [0, 0.1) is 6.92 Å². The van der Waals surface area contributed by atoms with Crippen LogP contribution in [-0.4, -0.2) is 55.9 Å². The lowest BCUT2D eigenvalue weighted by Gasteiger charge is -2.09. The molecular weight excluding hydrogens is 442 g/mol. The van der Waals surface area contributed by atoms with Crippen LogP contribution >= 0.6 is 11.3 Å². The van der Waals surface area contributed by atoms with Crippen molar-refractivity contribution < 1.29 is 43.2 Å². The molecule has 10 nitrogen and oxygen atoms in total. The van der Waals surface area contributed by atoms with Crippen molar-refractivity contribution in [3.63, 3.8) is 0 Å². The first-order valence-electron chi connectivity index (χ1n) is 9.54. The highest BCUT2D eigenvalue weighted by Crippen LogP contribution is 2.34. The van der Waals surface area contributed by atoms with E-state index in [0.717, 1.165) is 11.3 Å². The lowest BCUT2D eigenvalue weighted by atomic mass is 10.1. The van der Waals surface area contributed by atoms with Gasteiger partial charge in [-0.05, 0) is 44.5 Å². The Morgan fingerprint density at radius 3 is 2.28 bits per heavy atom. The Balaban J connectivity index is 2.18. The van der Waals surface area contributed by atoms with Crippen LogP contribution in [0.25, 0.3) is 0 Å². The van der Waals surface area contributed by atoms with Crippen LogP contribution in [0.4, 0.5) is 5.00 Å². The minimum absolute atomic E-state index is 0.0185. The molecule has 1 heterocycles. The molecule has 1 aromatic heterocycles. The number of methoxy groups -OCH3 is 1. The zero-order valence-corrected chi connectivity index (χ0v) is 18.8. The van der Waals surface area contributed by atoms with Crippen LogP contribution in [0.1, 0.15) is 49.8 Å². The Hall–Kier alpha value is -3.60. The van der Waals surface area contributed by atoms with E-state index in [2.05, 4.69) is 5.32 Å². The Morgan fingerprint density at radius 1 is 1.00 bits per heavy atom. The van der Waals surface area contributed by atoms with E-state index in [1.165, 1.54) is 32.2 Å². The van der Waals surface area contributed by atoms with Gasteiger partial charge in [0.1, 0.15) is 26.9 Å². The van der Waals surface area contributed by atoms with Crippen molar-refractivity contribution in [1.29, 1.82) is 0 Å². The molecule has 2 N–H and O–H groups in total. The predicted octanol–water partition coefficient (Wildman–Crippen LogP) is 2.92. The van der Waals surface area contributed by atoms with E-state index in [0.29, 0.717) is 11.3 Å². The number of nitrogens with one attached hydrogen (secondary N) is 1. The van der Waals surface area contributed by atoms with Gasteiger partial charge in [-0.15, -0.1) is 11.3 Å². The number of amides is 1. The molecule has 0 aliphatic rings. The third-order valence-electron chi connectivity index (χ3n) is 4.10. The topological polar surface area (TPSA) is 137 Å². The maximum Gasteiger partial charge on any atom is 0.348 e. The molecule has 0 atom stereocenters. The number of hydrogen-bond acceptors (Lipinski definition) is 10. The fraction of sp³-hybridized carbons (Fsp3) is 0.333. The molecule has 2 rings (SSSR count). The molecular formula is C21H23NO9S. The molecule has 11 heteroatoms. The van der Waals surface area contributed by atoms with Crippen molar-refractivity contribution in [2.75, 3.05) is 32.2 Å². The summed E-state index contributed by atoms with van der Waals surface area (Å²) < 4.78 is 19.9. The number of aromatic hydroxyl groups is 1. The van der Waals surface area contributed by atoms with E-state index >= 15 is 0 Å². The van der Waals surface area contributed by atoms with Crippen molar-refractivity contribution in [2.45, 2.75) is 20.8 Å². The molecule has 32 heavy (non-hydrogen) atoms. The monoisotopic (exact) mass is 465 g/mol. The van der Waals surface area contributed by atoms with E-state index in [1.54, 1.807) is 13.8 Å². The lowest BCUT2D eigenvalue weighted by molar-refractivity contribution is -0.119. The number of hydrogen-bond donors (Lipinski definition) is 2. The summed E-state index contributed by atoms with van der Waals surface area (Å²) in [7, 11) is 1.39. The molecule has 0 aliphatic heterocycles. The zero-order chi connectivity index (χ0) is 23.8. The van der Waals surface area contributed by atoms with E-state index in [4.69, 9.17) is 18.9 Å². The second-order valence-electron chi connectivity index (χ2n) is 6.21. The highest BCUT2D eigenvalue weighted by molar-refractivity contribution is 7.18. The molecule has 0 unspecified atom stereocenters. The number of anilines is 1. The molecule has 1 aromatic carbocycles. The Labute approximate surface area is 188 Å². The summed E-state index contributed by atoms with van der Waals surface area (Å²) >= 11 is 0.850. The van der Waals surface area contributed by atoms with Crippen LogP contribution in [0.2, 0.25) is 0 Å². The van der Waals surface area contributed by atoms with Crippen molar-refractivity contribution in [2.24, 2.45) is 0 Å². The Bertz CT molecular complexity index is 1030. The largest absolute Gasteiger partial charge is 0.507 e. The lowest BCUT2D eigenvalue weighted by Crippen LogP contribution is -2.22. The molecule has 0 saturated heterocycles. The average molecular weight is 465 g/mol. The quantitative estimate of drug-likeness (QED) is 0.423. The highest BCUT2D eigenvalue weighted by Gasteiger charge is 2.27. The van der Waals surface area contributed by atoms with Gasteiger partial charge in [-0.25, -0.2) is 14.4 Å². The molecule has 172 valence electrons.